The van der Waals surface area contributed by atoms with Crippen molar-refractivity contribution in [2.75, 3.05) is 5.32 Å². The van der Waals surface area contributed by atoms with Crippen molar-refractivity contribution >= 4 is 22.8 Å². The highest BCUT2D eigenvalue weighted by Gasteiger charge is 2.30. The third-order valence-electron chi connectivity index (χ3n) is 1.79. The number of alkyl halides is 3. The van der Waals surface area contributed by atoms with Crippen LogP contribution in [0.25, 0.3) is 0 Å². The van der Waals surface area contributed by atoms with Crippen molar-refractivity contribution in [1.82, 2.24) is 4.98 Å². The zero-order valence-corrected chi connectivity index (χ0v) is 9.18. The van der Waals surface area contributed by atoms with Crippen molar-refractivity contribution in [3.63, 3.8) is 0 Å². The average Bonchev–Trinajstić information content (AvgIpc) is 2.71. The average molecular weight is 260 g/mol. The molecule has 0 spiro atoms. The molecule has 7 heteroatoms. The SMILES string of the molecule is FC(F)(F)Oc1ccc(Nc2cscn2)cc1. The lowest BCUT2D eigenvalue weighted by atomic mass is 10.3. The molecule has 3 nitrogen and oxygen atoms in total. The lowest BCUT2D eigenvalue weighted by molar-refractivity contribution is -0.274. The van der Waals surface area contributed by atoms with E-state index in [0.717, 1.165) is 0 Å². The van der Waals surface area contributed by atoms with Gasteiger partial charge in [0.25, 0.3) is 0 Å². The summed E-state index contributed by atoms with van der Waals surface area (Å²) in [4.78, 5) is 3.99. The van der Waals surface area contributed by atoms with Gasteiger partial charge < -0.3 is 10.1 Å². The minimum atomic E-state index is -4.66. The summed E-state index contributed by atoms with van der Waals surface area (Å²) in [5.74, 6) is 0.404. The zero-order valence-electron chi connectivity index (χ0n) is 8.36. The van der Waals surface area contributed by atoms with E-state index in [1.807, 2.05) is 0 Å². The number of nitrogens with one attached hydrogen (secondary N) is 1. The molecular formula is C10H7F3N2OS. The summed E-state index contributed by atoms with van der Waals surface area (Å²) in [5.41, 5.74) is 2.30. The molecule has 0 aliphatic heterocycles. The number of anilines is 2. The van der Waals surface area contributed by atoms with Crippen molar-refractivity contribution in [2.45, 2.75) is 6.36 Å². The van der Waals surface area contributed by atoms with Crippen LogP contribution in [0.4, 0.5) is 24.7 Å². The molecule has 0 amide bonds. The maximum absolute atomic E-state index is 11.9. The maximum atomic E-state index is 11.9. The Morgan fingerprint density at radius 2 is 1.88 bits per heavy atom. The lowest BCUT2D eigenvalue weighted by Gasteiger charge is -2.09. The van der Waals surface area contributed by atoms with Crippen LogP contribution in [0.3, 0.4) is 0 Å². The normalized spacial score (nSPS) is 11.2. The molecule has 0 aliphatic carbocycles. The van der Waals surface area contributed by atoms with Gasteiger partial charge in [-0.2, -0.15) is 0 Å². The van der Waals surface area contributed by atoms with E-state index in [1.54, 1.807) is 10.9 Å². The summed E-state index contributed by atoms with van der Waals surface area (Å²) in [7, 11) is 0. The molecule has 1 aromatic carbocycles. The quantitative estimate of drug-likeness (QED) is 0.911. The fraction of sp³-hybridized carbons (Fsp3) is 0.100. The van der Waals surface area contributed by atoms with Gasteiger partial charge in [-0.15, -0.1) is 24.5 Å². The van der Waals surface area contributed by atoms with Crippen LogP contribution >= 0.6 is 11.3 Å². The molecule has 1 N–H and O–H groups in total. The van der Waals surface area contributed by atoms with Gasteiger partial charge in [0.1, 0.15) is 11.6 Å². The molecule has 0 saturated heterocycles. The maximum Gasteiger partial charge on any atom is 0.573 e. The molecule has 0 fully saturated rings. The van der Waals surface area contributed by atoms with Crippen molar-refractivity contribution < 1.29 is 17.9 Å². The molecule has 0 radical (unpaired) electrons. The zero-order chi connectivity index (χ0) is 12.3. The summed E-state index contributed by atoms with van der Waals surface area (Å²) in [6.07, 6.45) is -4.66. The smallest absolute Gasteiger partial charge is 0.406 e. The Labute approximate surface area is 98.9 Å². The molecule has 0 saturated carbocycles. The van der Waals surface area contributed by atoms with E-state index in [4.69, 9.17) is 0 Å². The van der Waals surface area contributed by atoms with E-state index in [1.165, 1.54) is 35.6 Å². The molecule has 2 rings (SSSR count). The monoisotopic (exact) mass is 260 g/mol. The molecule has 1 heterocycles. The number of rotatable bonds is 3. The van der Waals surface area contributed by atoms with Gasteiger partial charge in [-0.05, 0) is 24.3 Å². The van der Waals surface area contributed by atoms with E-state index in [0.29, 0.717) is 11.5 Å². The van der Waals surface area contributed by atoms with Crippen LogP contribution in [0.15, 0.2) is 35.2 Å². The van der Waals surface area contributed by atoms with Gasteiger partial charge >= 0.3 is 6.36 Å². The van der Waals surface area contributed by atoms with Crippen LogP contribution in [0.5, 0.6) is 5.75 Å². The molecule has 2 aromatic rings. The Balaban J connectivity index is 2.03. The van der Waals surface area contributed by atoms with Gasteiger partial charge in [0.15, 0.2) is 0 Å². The number of hydrogen-bond acceptors (Lipinski definition) is 4. The predicted molar refractivity (Wildman–Crippen MR) is 58.5 cm³/mol. The van der Waals surface area contributed by atoms with Gasteiger partial charge in [-0.1, -0.05) is 0 Å². The summed E-state index contributed by atoms with van der Waals surface area (Å²) >= 11 is 1.42. The van der Waals surface area contributed by atoms with E-state index in [9.17, 15) is 13.2 Å². The van der Waals surface area contributed by atoms with Gasteiger partial charge in [-0.3, -0.25) is 0 Å². The first-order chi connectivity index (χ1) is 8.03. The number of aromatic nitrogens is 1. The Hall–Kier alpha value is -1.76. The highest BCUT2D eigenvalue weighted by atomic mass is 32.1. The molecule has 0 aliphatic rings. The van der Waals surface area contributed by atoms with Crippen LogP contribution in [-0.2, 0) is 0 Å². The first-order valence-corrected chi connectivity index (χ1v) is 5.48. The summed E-state index contributed by atoms with van der Waals surface area (Å²) < 4.78 is 39.5. The van der Waals surface area contributed by atoms with Crippen LogP contribution in [0, 0.1) is 0 Å². The Morgan fingerprint density at radius 1 is 1.18 bits per heavy atom. The molecule has 0 unspecified atom stereocenters. The fourth-order valence-electron chi connectivity index (χ4n) is 1.16. The number of thiazole rings is 1. The second kappa shape index (κ2) is 4.62. The summed E-state index contributed by atoms with van der Waals surface area (Å²) in [5, 5.41) is 4.73. The Morgan fingerprint density at radius 3 is 2.41 bits per heavy atom. The van der Waals surface area contributed by atoms with E-state index in [2.05, 4.69) is 15.0 Å². The molecule has 0 atom stereocenters. The van der Waals surface area contributed by atoms with Gasteiger partial charge in [0.2, 0.25) is 0 Å². The standard InChI is InChI=1S/C10H7F3N2OS/c11-10(12,13)16-8-3-1-7(2-4-8)15-9-5-17-6-14-9/h1-6,15H. The van der Waals surface area contributed by atoms with Gasteiger partial charge in [0, 0.05) is 11.1 Å². The van der Waals surface area contributed by atoms with Crippen LogP contribution in [0.1, 0.15) is 0 Å². The molecule has 90 valence electrons. The van der Waals surface area contributed by atoms with Crippen LogP contribution < -0.4 is 10.1 Å². The number of benzene rings is 1. The first-order valence-electron chi connectivity index (χ1n) is 4.54. The topological polar surface area (TPSA) is 34.1 Å². The Bertz CT molecular complexity index is 467. The fourth-order valence-corrected chi connectivity index (χ4v) is 1.65. The highest BCUT2D eigenvalue weighted by molar-refractivity contribution is 7.07. The van der Waals surface area contributed by atoms with Crippen molar-refractivity contribution in [2.24, 2.45) is 0 Å². The van der Waals surface area contributed by atoms with Gasteiger partial charge in [0.05, 0.1) is 5.51 Å². The van der Waals surface area contributed by atoms with Crippen molar-refractivity contribution in [3.05, 3.63) is 35.2 Å². The summed E-state index contributed by atoms with van der Waals surface area (Å²) in [6.45, 7) is 0. The van der Waals surface area contributed by atoms with E-state index in [-0.39, 0.29) is 5.75 Å². The first kappa shape index (κ1) is 11.7. The minimum Gasteiger partial charge on any atom is -0.406 e. The summed E-state index contributed by atoms with van der Waals surface area (Å²) in [6, 6.07) is 5.45. The minimum absolute atomic E-state index is 0.249. The number of halogens is 3. The Kier molecular flexibility index (Phi) is 3.19. The molecule has 17 heavy (non-hydrogen) atoms. The third-order valence-corrected chi connectivity index (χ3v) is 2.38. The highest BCUT2D eigenvalue weighted by Crippen LogP contribution is 2.25. The van der Waals surface area contributed by atoms with E-state index >= 15 is 0 Å². The number of ether oxygens (including phenoxy) is 1. The third kappa shape index (κ3) is 3.63. The van der Waals surface area contributed by atoms with Crippen LogP contribution in [0.2, 0.25) is 0 Å². The van der Waals surface area contributed by atoms with Crippen molar-refractivity contribution in [1.29, 1.82) is 0 Å². The molecule has 0 bridgehead atoms. The second-order valence-corrected chi connectivity index (χ2v) is 3.79. The van der Waals surface area contributed by atoms with Crippen LogP contribution in [-0.4, -0.2) is 11.3 Å². The van der Waals surface area contributed by atoms with E-state index < -0.39 is 6.36 Å². The molecular weight excluding hydrogens is 253 g/mol. The van der Waals surface area contributed by atoms with Crippen molar-refractivity contribution in [3.8, 4) is 5.75 Å². The number of nitrogens with zero attached hydrogens (tertiary/aromatic N) is 1. The molecule has 1 aromatic heterocycles. The second-order valence-electron chi connectivity index (χ2n) is 3.07. The number of hydrogen-bond donors (Lipinski definition) is 1. The van der Waals surface area contributed by atoms with Gasteiger partial charge in [-0.25, -0.2) is 4.98 Å². The predicted octanol–water partition coefficient (Wildman–Crippen LogP) is 3.79. The largest absolute Gasteiger partial charge is 0.573 e. The lowest BCUT2D eigenvalue weighted by Crippen LogP contribution is -2.16.